The summed E-state index contributed by atoms with van der Waals surface area (Å²) in [6, 6.07) is 15.4. The first-order chi connectivity index (χ1) is 17.0. The van der Waals surface area contributed by atoms with E-state index in [4.69, 9.17) is 9.84 Å². The van der Waals surface area contributed by atoms with Gasteiger partial charge in [-0.3, -0.25) is 9.78 Å². The van der Waals surface area contributed by atoms with Crippen LogP contribution in [-0.2, 0) is 11.4 Å². The molecule has 0 saturated heterocycles. The number of ether oxygens (including phenoxy) is 1. The molecule has 0 saturated carbocycles. The van der Waals surface area contributed by atoms with Gasteiger partial charge in [0.15, 0.2) is 11.6 Å². The van der Waals surface area contributed by atoms with E-state index in [1.807, 2.05) is 42.5 Å². The maximum Gasteiger partial charge on any atom is 0.304 e. The van der Waals surface area contributed by atoms with Crippen molar-refractivity contribution in [2.24, 2.45) is 0 Å². The van der Waals surface area contributed by atoms with Crippen LogP contribution < -0.4 is 4.74 Å². The van der Waals surface area contributed by atoms with Gasteiger partial charge in [0.05, 0.1) is 28.6 Å². The Labute approximate surface area is 204 Å². The Morgan fingerprint density at radius 3 is 2.80 bits per heavy atom. The van der Waals surface area contributed by atoms with Crippen LogP contribution in [0, 0.1) is 11.6 Å². The number of carbonyl (C=O) groups is 1. The number of aromatic nitrogens is 2. The summed E-state index contributed by atoms with van der Waals surface area (Å²) in [6.45, 7) is 0.340. The van der Waals surface area contributed by atoms with Crippen LogP contribution in [0.2, 0.25) is 0 Å². The summed E-state index contributed by atoms with van der Waals surface area (Å²) in [5.41, 5.74) is 4.66. The highest BCUT2D eigenvalue weighted by atomic mass is 32.2. The maximum atomic E-state index is 13.6. The molecule has 0 amide bonds. The molecule has 0 bridgehead atoms. The lowest BCUT2D eigenvalue weighted by molar-refractivity contribution is -0.136. The molecule has 1 unspecified atom stereocenters. The van der Waals surface area contributed by atoms with Crippen LogP contribution in [0.5, 0.6) is 5.75 Å². The molecule has 0 fully saturated rings. The number of nitrogens with zero attached hydrogens (tertiary/aromatic N) is 2. The number of rotatable bonds is 6. The molecule has 0 aliphatic carbocycles. The molecule has 1 atom stereocenters. The average Bonchev–Trinajstić information content (AvgIpc) is 3.00. The van der Waals surface area contributed by atoms with E-state index in [0.717, 1.165) is 40.3 Å². The van der Waals surface area contributed by atoms with Crippen molar-refractivity contribution in [1.82, 2.24) is 9.97 Å². The van der Waals surface area contributed by atoms with Crippen molar-refractivity contribution < 1.29 is 23.4 Å². The van der Waals surface area contributed by atoms with Crippen LogP contribution in [0.1, 0.15) is 39.7 Å². The van der Waals surface area contributed by atoms with E-state index in [1.165, 1.54) is 0 Å². The fourth-order valence-electron chi connectivity index (χ4n) is 3.98. The normalized spacial score (nSPS) is 14.9. The lowest BCUT2D eigenvalue weighted by atomic mass is 10.0. The molecule has 0 spiro atoms. The molecule has 2 aromatic carbocycles. The van der Waals surface area contributed by atoms with Crippen LogP contribution in [0.25, 0.3) is 23.1 Å². The minimum Gasteiger partial charge on any atom is -0.487 e. The van der Waals surface area contributed by atoms with Crippen LogP contribution in [0.3, 0.4) is 0 Å². The number of thioether (sulfide) groups is 1. The van der Waals surface area contributed by atoms with Crippen LogP contribution in [-0.4, -0.2) is 26.8 Å². The number of aliphatic carboxylic acids is 1. The number of carboxylic acid groups (broad SMARTS) is 1. The monoisotopic (exact) mass is 490 g/mol. The number of benzene rings is 2. The Hall–Kier alpha value is -3.78. The first kappa shape index (κ1) is 23.0. The van der Waals surface area contributed by atoms with Gasteiger partial charge in [-0.05, 0) is 47.5 Å². The quantitative estimate of drug-likeness (QED) is 0.344. The Morgan fingerprint density at radius 1 is 1.09 bits per heavy atom. The lowest BCUT2D eigenvalue weighted by Gasteiger charge is -2.18. The van der Waals surface area contributed by atoms with Gasteiger partial charge in [-0.1, -0.05) is 24.3 Å². The van der Waals surface area contributed by atoms with Crippen molar-refractivity contribution in [3.63, 3.8) is 0 Å². The second kappa shape index (κ2) is 9.84. The minimum absolute atomic E-state index is 0.0602. The SMILES string of the molecule is O=C(O)CCSC1c2cc(C=Cc3ccc4cc(F)c(F)cc4n3)ccc2OCc2ncccc21. The van der Waals surface area contributed by atoms with Crippen LogP contribution in [0.4, 0.5) is 8.78 Å². The van der Waals surface area contributed by atoms with Crippen LogP contribution in [0.15, 0.2) is 60.8 Å². The van der Waals surface area contributed by atoms with Gasteiger partial charge >= 0.3 is 5.97 Å². The molecule has 8 heteroatoms. The Bertz CT molecular complexity index is 1460. The predicted molar refractivity (Wildman–Crippen MR) is 132 cm³/mol. The summed E-state index contributed by atoms with van der Waals surface area (Å²) < 4.78 is 33.1. The molecule has 3 heterocycles. The molecule has 1 aliphatic heterocycles. The fourth-order valence-corrected chi connectivity index (χ4v) is 5.27. The molecule has 176 valence electrons. The third-order valence-corrected chi connectivity index (χ3v) is 6.97. The summed E-state index contributed by atoms with van der Waals surface area (Å²) in [6.07, 6.45) is 5.48. The first-order valence-electron chi connectivity index (χ1n) is 11.0. The van der Waals surface area contributed by atoms with E-state index in [9.17, 15) is 13.6 Å². The second-order valence-corrected chi connectivity index (χ2v) is 9.26. The van der Waals surface area contributed by atoms with Gasteiger partial charge in [-0.25, -0.2) is 13.8 Å². The topological polar surface area (TPSA) is 72.3 Å². The zero-order valence-electron chi connectivity index (χ0n) is 18.4. The Morgan fingerprint density at radius 2 is 1.94 bits per heavy atom. The highest BCUT2D eigenvalue weighted by Crippen LogP contribution is 2.44. The highest BCUT2D eigenvalue weighted by molar-refractivity contribution is 7.99. The summed E-state index contributed by atoms with van der Waals surface area (Å²) in [4.78, 5) is 20.0. The standard InChI is InChI=1S/C27H20F2N2O3S/c28-21-13-17-5-7-18(31-23(17)14-22(21)29)6-3-16-4-8-25-20(12-16)27(35-11-9-26(32)33)19-2-1-10-30-24(19)15-34-25/h1-8,10,12-14,27H,9,11,15H2,(H,32,33). The first-order valence-corrected chi connectivity index (χ1v) is 12.0. The van der Waals surface area contributed by atoms with Gasteiger partial charge in [-0.15, -0.1) is 11.8 Å². The molecule has 1 aliphatic rings. The van der Waals surface area contributed by atoms with E-state index >= 15 is 0 Å². The summed E-state index contributed by atoms with van der Waals surface area (Å²) in [5.74, 6) is -1.49. The summed E-state index contributed by atoms with van der Waals surface area (Å²) in [5, 5.41) is 9.50. The van der Waals surface area contributed by atoms with Gasteiger partial charge in [0, 0.05) is 29.0 Å². The number of hydrogen-bond acceptors (Lipinski definition) is 5. The third kappa shape index (κ3) is 5.02. The van der Waals surface area contributed by atoms with Gasteiger partial charge in [0.2, 0.25) is 0 Å². The molecule has 5 nitrogen and oxygen atoms in total. The van der Waals surface area contributed by atoms with E-state index in [1.54, 1.807) is 30.1 Å². The number of fused-ring (bicyclic) bond motifs is 3. The zero-order valence-corrected chi connectivity index (χ0v) is 19.3. The molecule has 1 N–H and O–H groups in total. The largest absolute Gasteiger partial charge is 0.487 e. The number of halogens is 2. The van der Waals surface area contributed by atoms with Gasteiger partial charge < -0.3 is 9.84 Å². The van der Waals surface area contributed by atoms with E-state index in [2.05, 4.69) is 9.97 Å². The number of pyridine rings is 2. The van der Waals surface area contributed by atoms with Gasteiger partial charge in [-0.2, -0.15) is 0 Å². The fraction of sp³-hybridized carbons (Fsp3) is 0.148. The average molecular weight is 491 g/mol. The van der Waals surface area contributed by atoms with Crippen molar-refractivity contribution in [2.75, 3.05) is 5.75 Å². The zero-order chi connectivity index (χ0) is 24.4. The summed E-state index contributed by atoms with van der Waals surface area (Å²) >= 11 is 1.55. The van der Waals surface area contributed by atoms with Crippen molar-refractivity contribution >= 4 is 40.8 Å². The van der Waals surface area contributed by atoms with Crippen molar-refractivity contribution in [3.05, 3.63) is 101 Å². The number of carboxylic acids is 1. The smallest absolute Gasteiger partial charge is 0.304 e. The Balaban J connectivity index is 1.47. The second-order valence-electron chi connectivity index (χ2n) is 8.05. The van der Waals surface area contributed by atoms with Gasteiger partial charge in [0.25, 0.3) is 0 Å². The van der Waals surface area contributed by atoms with Crippen molar-refractivity contribution in [1.29, 1.82) is 0 Å². The molecule has 5 rings (SSSR count). The molecule has 4 aromatic rings. The number of hydrogen-bond donors (Lipinski definition) is 1. The minimum atomic E-state index is -0.932. The van der Waals surface area contributed by atoms with E-state index in [0.29, 0.717) is 29.0 Å². The third-order valence-electron chi connectivity index (χ3n) is 5.69. The molecule has 2 aromatic heterocycles. The molecule has 35 heavy (non-hydrogen) atoms. The Kier molecular flexibility index (Phi) is 6.46. The van der Waals surface area contributed by atoms with Crippen molar-refractivity contribution in [3.8, 4) is 5.75 Å². The van der Waals surface area contributed by atoms with Gasteiger partial charge in [0.1, 0.15) is 12.4 Å². The van der Waals surface area contributed by atoms with E-state index in [-0.39, 0.29) is 11.7 Å². The lowest BCUT2D eigenvalue weighted by Crippen LogP contribution is -2.04. The maximum absolute atomic E-state index is 13.6. The predicted octanol–water partition coefficient (Wildman–Crippen LogP) is 6.27. The molecular weight excluding hydrogens is 470 g/mol. The molecular formula is C27H20F2N2O3S. The van der Waals surface area contributed by atoms with E-state index < -0.39 is 17.6 Å². The summed E-state index contributed by atoms with van der Waals surface area (Å²) in [7, 11) is 0. The van der Waals surface area contributed by atoms with Crippen LogP contribution >= 0.6 is 11.8 Å². The highest BCUT2D eigenvalue weighted by Gasteiger charge is 2.26. The molecule has 0 radical (unpaired) electrons. The van der Waals surface area contributed by atoms with Crippen molar-refractivity contribution in [2.45, 2.75) is 18.3 Å².